The second-order valence-electron chi connectivity index (χ2n) is 3.68. The first-order chi connectivity index (χ1) is 6.40. The molecule has 1 aromatic heterocycles. The van der Waals surface area contributed by atoms with Crippen LogP contribution < -0.4 is 5.32 Å². The average Bonchev–Trinajstić information content (AvgIpc) is 2.80. The normalized spacial score (nSPS) is 18.8. The number of H-pyrrole nitrogens is 1. The zero-order chi connectivity index (χ0) is 9.10. The first-order valence-electron chi connectivity index (χ1n) is 4.99. The van der Waals surface area contributed by atoms with Crippen molar-refractivity contribution in [3.63, 3.8) is 0 Å². The van der Waals surface area contributed by atoms with Crippen molar-refractivity contribution in [2.45, 2.75) is 32.2 Å². The van der Waals surface area contributed by atoms with Crippen LogP contribution in [-0.2, 0) is 0 Å². The predicted octanol–water partition coefficient (Wildman–Crippen LogP) is 1.26. The maximum atomic E-state index is 4.12. The molecule has 1 heterocycles. The van der Waals surface area contributed by atoms with Crippen LogP contribution >= 0.6 is 0 Å². The molecule has 1 aromatic rings. The van der Waals surface area contributed by atoms with E-state index in [4.69, 9.17) is 0 Å². The van der Waals surface area contributed by atoms with Crippen LogP contribution in [0.3, 0.4) is 0 Å². The van der Waals surface area contributed by atoms with Crippen molar-refractivity contribution in [1.82, 2.24) is 20.7 Å². The molecule has 0 aromatic carbocycles. The summed E-state index contributed by atoms with van der Waals surface area (Å²) in [5.41, 5.74) is 1.05. The van der Waals surface area contributed by atoms with Crippen LogP contribution in [0.25, 0.3) is 0 Å². The van der Waals surface area contributed by atoms with Gasteiger partial charge in [0.25, 0.3) is 0 Å². The minimum atomic E-state index is 0.399. The van der Waals surface area contributed by atoms with Crippen LogP contribution in [0.1, 0.15) is 37.9 Å². The number of hydrogen-bond donors (Lipinski definition) is 2. The number of aromatic amines is 1. The van der Waals surface area contributed by atoms with Gasteiger partial charge in [-0.15, -0.1) is 0 Å². The fourth-order valence-corrected chi connectivity index (χ4v) is 1.62. The maximum Gasteiger partial charge on any atom is 0.0993 e. The van der Waals surface area contributed by atoms with Crippen molar-refractivity contribution >= 4 is 0 Å². The zero-order valence-corrected chi connectivity index (χ0v) is 7.95. The van der Waals surface area contributed by atoms with Crippen LogP contribution in [-0.4, -0.2) is 22.0 Å². The summed E-state index contributed by atoms with van der Waals surface area (Å²) in [5.74, 6) is 0.917. The van der Waals surface area contributed by atoms with Crippen molar-refractivity contribution in [1.29, 1.82) is 0 Å². The Kier molecular flexibility index (Phi) is 2.59. The molecule has 4 heteroatoms. The second kappa shape index (κ2) is 3.87. The van der Waals surface area contributed by atoms with Gasteiger partial charge in [0.1, 0.15) is 0 Å². The quantitative estimate of drug-likeness (QED) is 0.717. The predicted molar refractivity (Wildman–Crippen MR) is 50.1 cm³/mol. The summed E-state index contributed by atoms with van der Waals surface area (Å²) in [6.07, 6.45) is 5.80. The Morgan fingerprint density at radius 1 is 1.69 bits per heavy atom. The minimum Gasteiger partial charge on any atom is -0.309 e. The molecule has 0 radical (unpaired) electrons. The first-order valence-corrected chi connectivity index (χ1v) is 4.99. The number of nitrogens with one attached hydrogen (secondary N) is 2. The summed E-state index contributed by atoms with van der Waals surface area (Å²) in [4.78, 5) is 0. The molecule has 1 atom stereocenters. The lowest BCUT2D eigenvalue weighted by atomic mass is 10.1. The van der Waals surface area contributed by atoms with Gasteiger partial charge in [-0.3, -0.25) is 0 Å². The molecule has 2 N–H and O–H groups in total. The fourth-order valence-electron chi connectivity index (χ4n) is 1.62. The third kappa shape index (κ3) is 2.28. The molecule has 1 unspecified atom stereocenters. The Labute approximate surface area is 78.1 Å². The van der Waals surface area contributed by atoms with Gasteiger partial charge in [0, 0.05) is 0 Å². The van der Waals surface area contributed by atoms with Crippen LogP contribution in [0.5, 0.6) is 0 Å². The standard InChI is InChI=1S/C9H16N4/c1-2-10-8(5-7-3-4-7)9-6-11-13-12-9/h6-8,10H,2-5H2,1H3,(H,11,12,13). The van der Waals surface area contributed by atoms with Crippen molar-refractivity contribution in [3.05, 3.63) is 11.9 Å². The lowest BCUT2D eigenvalue weighted by Crippen LogP contribution is -2.21. The fraction of sp³-hybridized carbons (Fsp3) is 0.778. The van der Waals surface area contributed by atoms with Crippen molar-refractivity contribution in [2.75, 3.05) is 6.54 Å². The highest BCUT2D eigenvalue weighted by Gasteiger charge is 2.26. The van der Waals surface area contributed by atoms with E-state index in [1.807, 2.05) is 6.20 Å². The van der Waals surface area contributed by atoms with E-state index < -0.39 is 0 Å². The van der Waals surface area contributed by atoms with Gasteiger partial charge < -0.3 is 5.32 Å². The number of nitrogens with zero attached hydrogens (tertiary/aromatic N) is 2. The average molecular weight is 180 g/mol. The highest BCUT2D eigenvalue weighted by molar-refractivity contribution is 5.01. The van der Waals surface area contributed by atoms with E-state index in [1.165, 1.54) is 19.3 Å². The Balaban J connectivity index is 1.95. The molecule has 2 rings (SSSR count). The van der Waals surface area contributed by atoms with Gasteiger partial charge in [0.15, 0.2) is 0 Å². The molecule has 0 saturated heterocycles. The molecule has 0 aliphatic heterocycles. The third-order valence-electron chi connectivity index (χ3n) is 2.51. The summed E-state index contributed by atoms with van der Waals surface area (Å²) in [5, 5.41) is 14.1. The van der Waals surface area contributed by atoms with E-state index in [-0.39, 0.29) is 0 Å². The highest BCUT2D eigenvalue weighted by Crippen LogP contribution is 2.36. The summed E-state index contributed by atoms with van der Waals surface area (Å²) in [7, 11) is 0. The SMILES string of the molecule is CCNC(CC1CC1)c1cn[nH]n1. The Hall–Kier alpha value is -0.900. The third-order valence-corrected chi connectivity index (χ3v) is 2.51. The Bertz CT molecular complexity index is 240. The number of aromatic nitrogens is 3. The molecule has 1 aliphatic rings. The van der Waals surface area contributed by atoms with Crippen LogP contribution in [0, 0.1) is 5.92 Å². The molecular weight excluding hydrogens is 164 g/mol. The smallest absolute Gasteiger partial charge is 0.0993 e. The van der Waals surface area contributed by atoms with E-state index in [2.05, 4.69) is 27.7 Å². The van der Waals surface area contributed by atoms with Gasteiger partial charge in [0.2, 0.25) is 0 Å². The van der Waals surface area contributed by atoms with Crippen LogP contribution in [0.4, 0.5) is 0 Å². The molecule has 0 bridgehead atoms. The van der Waals surface area contributed by atoms with Crippen molar-refractivity contribution < 1.29 is 0 Å². The van der Waals surface area contributed by atoms with Gasteiger partial charge in [-0.2, -0.15) is 15.4 Å². The van der Waals surface area contributed by atoms with Crippen molar-refractivity contribution in [2.24, 2.45) is 5.92 Å². The monoisotopic (exact) mass is 180 g/mol. The minimum absolute atomic E-state index is 0.399. The zero-order valence-electron chi connectivity index (χ0n) is 7.95. The first kappa shape index (κ1) is 8.69. The molecule has 1 fully saturated rings. The molecule has 1 aliphatic carbocycles. The van der Waals surface area contributed by atoms with Gasteiger partial charge in [0.05, 0.1) is 17.9 Å². The van der Waals surface area contributed by atoms with Gasteiger partial charge in [-0.1, -0.05) is 19.8 Å². The summed E-state index contributed by atoms with van der Waals surface area (Å²) in [6.45, 7) is 3.12. The van der Waals surface area contributed by atoms with Crippen LogP contribution in [0.2, 0.25) is 0 Å². The lowest BCUT2D eigenvalue weighted by Gasteiger charge is -2.13. The van der Waals surface area contributed by atoms with Gasteiger partial charge in [-0.25, -0.2) is 0 Å². The van der Waals surface area contributed by atoms with Gasteiger partial charge in [-0.05, 0) is 18.9 Å². The highest BCUT2D eigenvalue weighted by atomic mass is 15.3. The Morgan fingerprint density at radius 3 is 3.08 bits per heavy atom. The van der Waals surface area contributed by atoms with Crippen molar-refractivity contribution in [3.8, 4) is 0 Å². The molecular formula is C9H16N4. The summed E-state index contributed by atoms with van der Waals surface area (Å²) >= 11 is 0. The molecule has 13 heavy (non-hydrogen) atoms. The molecule has 4 nitrogen and oxygen atoms in total. The van der Waals surface area contributed by atoms with E-state index >= 15 is 0 Å². The van der Waals surface area contributed by atoms with Gasteiger partial charge >= 0.3 is 0 Å². The second-order valence-corrected chi connectivity index (χ2v) is 3.68. The largest absolute Gasteiger partial charge is 0.309 e. The van der Waals surface area contributed by atoms with E-state index in [9.17, 15) is 0 Å². The Morgan fingerprint density at radius 2 is 2.54 bits per heavy atom. The van der Waals surface area contributed by atoms with E-state index in [0.29, 0.717) is 6.04 Å². The molecule has 0 amide bonds. The maximum absolute atomic E-state index is 4.12. The molecule has 72 valence electrons. The summed E-state index contributed by atoms with van der Waals surface area (Å²) in [6, 6.07) is 0.399. The van der Waals surface area contributed by atoms with E-state index in [0.717, 1.165) is 18.2 Å². The lowest BCUT2D eigenvalue weighted by molar-refractivity contribution is 0.476. The topological polar surface area (TPSA) is 53.6 Å². The number of hydrogen-bond acceptors (Lipinski definition) is 3. The number of rotatable bonds is 5. The van der Waals surface area contributed by atoms with Crippen LogP contribution in [0.15, 0.2) is 6.20 Å². The van der Waals surface area contributed by atoms with E-state index in [1.54, 1.807) is 0 Å². The summed E-state index contributed by atoms with van der Waals surface area (Å²) < 4.78 is 0. The molecule has 1 saturated carbocycles. The molecule has 0 spiro atoms.